The van der Waals surface area contributed by atoms with Gasteiger partial charge in [-0.25, -0.2) is 4.39 Å². The minimum absolute atomic E-state index is 0.170. The predicted octanol–water partition coefficient (Wildman–Crippen LogP) is 4.72. The van der Waals surface area contributed by atoms with Crippen molar-refractivity contribution in [2.75, 3.05) is 6.54 Å². The van der Waals surface area contributed by atoms with Crippen molar-refractivity contribution >= 4 is 11.8 Å². The second kappa shape index (κ2) is 7.68. The number of terminal acetylenes is 1. The van der Waals surface area contributed by atoms with Crippen LogP contribution in [0.2, 0.25) is 0 Å². The van der Waals surface area contributed by atoms with Gasteiger partial charge in [-0.15, -0.1) is 18.2 Å². The Hall–Kier alpha value is -1.76. The Balaban J connectivity index is 1.77. The topological polar surface area (TPSA) is 12.0 Å². The van der Waals surface area contributed by atoms with Crippen LogP contribution in [0.15, 0.2) is 47.4 Å². The van der Waals surface area contributed by atoms with Crippen LogP contribution in [0, 0.1) is 18.2 Å². The maximum absolute atomic E-state index is 13.3. The van der Waals surface area contributed by atoms with Crippen LogP contribution in [0.5, 0.6) is 0 Å². The molecule has 0 heterocycles. The van der Waals surface area contributed by atoms with Crippen molar-refractivity contribution in [3.63, 3.8) is 0 Å². The summed E-state index contributed by atoms with van der Waals surface area (Å²) in [6.45, 7) is 0.602. The number of fused-ring (bicyclic) bond motifs is 1. The molecule has 1 atom stereocenters. The summed E-state index contributed by atoms with van der Waals surface area (Å²) in [6, 6.07) is 13.7. The van der Waals surface area contributed by atoms with Gasteiger partial charge in [-0.05, 0) is 54.2 Å². The molecule has 23 heavy (non-hydrogen) atoms. The van der Waals surface area contributed by atoms with E-state index in [2.05, 4.69) is 29.4 Å². The van der Waals surface area contributed by atoms with E-state index in [1.807, 2.05) is 6.07 Å². The van der Waals surface area contributed by atoms with Crippen molar-refractivity contribution in [2.24, 2.45) is 0 Å². The van der Waals surface area contributed by atoms with Gasteiger partial charge < -0.3 is 0 Å². The van der Waals surface area contributed by atoms with Crippen LogP contribution >= 0.6 is 11.8 Å². The number of hydrogen-bond donors (Lipinski definition) is 1. The highest BCUT2D eigenvalue weighted by Crippen LogP contribution is 2.36. The quantitative estimate of drug-likeness (QED) is 0.631. The third kappa shape index (κ3) is 3.96. The largest absolute Gasteiger partial charge is 0.299 e. The van der Waals surface area contributed by atoms with Crippen LogP contribution in [0.3, 0.4) is 0 Å². The predicted molar refractivity (Wildman–Crippen MR) is 94.9 cm³/mol. The first-order valence-corrected chi connectivity index (χ1v) is 8.92. The van der Waals surface area contributed by atoms with Crippen LogP contribution in [-0.2, 0) is 12.2 Å². The number of rotatable bonds is 5. The highest BCUT2D eigenvalue weighted by Gasteiger charge is 2.21. The molecule has 3 heteroatoms. The minimum Gasteiger partial charge on any atom is -0.299 e. The van der Waals surface area contributed by atoms with Gasteiger partial charge in [0.2, 0.25) is 0 Å². The van der Waals surface area contributed by atoms with Crippen LogP contribution in [0.1, 0.15) is 35.6 Å². The summed E-state index contributed by atoms with van der Waals surface area (Å²) in [7, 11) is 0. The Morgan fingerprint density at radius 2 is 2.13 bits per heavy atom. The minimum atomic E-state index is -0.170. The summed E-state index contributed by atoms with van der Waals surface area (Å²) in [4.78, 5) is 1.30. The molecular weight excluding hydrogens is 305 g/mol. The van der Waals surface area contributed by atoms with E-state index in [1.165, 1.54) is 28.5 Å². The van der Waals surface area contributed by atoms with Gasteiger partial charge in [0, 0.05) is 16.7 Å². The Labute approximate surface area is 141 Å². The Morgan fingerprint density at radius 1 is 1.26 bits per heavy atom. The first kappa shape index (κ1) is 16.1. The highest BCUT2D eigenvalue weighted by atomic mass is 32.2. The lowest BCUT2D eigenvalue weighted by Gasteiger charge is -2.27. The molecule has 1 aliphatic carbocycles. The monoisotopic (exact) mass is 325 g/mol. The highest BCUT2D eigenvalue weighted by molar-refractivity contribution is 7.98. The van der Waals surface area contributed by atoms with Crippen molar-refractivity contribution in [3.05, 3.63) is 65.0 Å². The zero-order chi connectivity index (χ0) is 16.1. The van der Waals surface area contributed by atoms with Gasteiger partial charge in [0.25, 0.3) is 0 Å². The van der Waals surface area contributed by atoms with Gasteiger partial charge in [-0.1, -0.05) is 30.2 Å². The summed E-state index contributed by atoms with van der Waals surface area (Å²) < 4.78 is 13.3. The zero-order valence-electron chi connectivity index (χ0n) is 13.0. The molecular formula is C20H20FNS. The lowest BCUT2D eigenvalue weighted by molar-refractivity contribution is 0.479. The van der Waals surface area contributed by atoms with Crippen molar-refractivity contribution in [2.45, 2.75) is 36.0 Å². The zero-order valence-corrected chi connectivity index (χ0v) is 13.8. The number of benzene rings is 2. The maximum atomic E-state index is 13.3. The summed E-state index contributed by atoms with van der Waals surface area (Å²) in [6.07, 6.45) is 8.78. The second-order valence-corrected chi connectivity index (χ2v) is 6.79. The molecule has 2 aromatic carbocycles. The van der Waals surface area contributed by atoms with Crippen LogP contribution in [0.25, 0.3) is 0 Å². The van der Waals surface area contributed by atoms with Gasteiger partial charge in [-0.2, -0.15) is 0 Å². The fourth-order valence-corrected chi connectivity index (χ4v) is 4.20. The standard InChI is InChI=1S/C20H20FNS/c1-2-12-22-19-10-4-9-18-17(19)8-5-11-20(18)23-14-15-6-3-7-16(21)13-15/h1,3,5-8,11,13,19,22H,4,9-10,12,14H2. The number of halogens is 1. The fourth-order valence-electron chi connectivity index (χ4n) is 3.13. The lowest BCUT2D eigenvalue weighted by Crippen LogP contribution is -2.25. The lowest BCUT2D eigenvalue weighted by atomic mass is 9.87. The molecule has 0 aromatic heterocycles. The van der Waals surface area contributed by atoms with Crippen molar-refractivity contribution in [3.8, 4) is 12.3 Å². The normalized spacial score (nSPS) is 16.6. The molecule has 0 saturated heterocycles. The van der Waals surface area contributed by atoms with Crippen molar-refractivity contribution in [1.29, 1.82) is 0 Å². The first-order chi connectivity index (χ1) is 11.3. The van der Waals surface area contributed by atoms with Gasteiger partial charge in [0.05, 0.1) is 6.54 Å². The molecule has 2 aromatic rings. The molecule has 0 radical (unpaired) electrons. The summed E-state index contributed by atoms with van der Waals surface area (Å²) in [5.74, 6) is 3.28. The SMILES string of the molecule is C#CCNC1CCCc2c(SCc3cccc(F)c3)cccc21. The Morgan fingerprint density at radius 3 is 2.96 bits per heavy atom. The van der Waals surface area contributed by atoms with Gasteiger partial charge >= 0.3 is 0 Å². The molecule has 118 valence electrons. The second-order valence-electron chi connectivity index (χ2n) is 5.77. The molecule has 0 spiro atoms. The van der Waals surface area contributed by atoms with E-state index in [9.17, 15) is 4.39 Å². The van der Waals surface area contributed by atoms with E-state index in [0.717, 1.165) is 24.2 Å². The molecule has 1 unspecified atom stereocenters. The summed E-state index contributed by atoms with van der Waals surface area (Å²) in [5.41, 5.74) is 3.82. The molecule has 1 N–H and O–H groups in total. The maximum Gasteiger partial charge on any atom is 0.123 e. The van der Waals surface area contributed by atoms with E-state index < -0.39 is 0 Å². The van der Waals surface area contributed by atoms with Crippen LogP contribution in [-0.4, -0.2) is 6.54 Å². The smallest absolute Gasteiger partial charge is 0.123 e. The molecule has 0 amide bonds. The molecule has 0 aliphatic heterocycles. The van der Waals surface area contributed by atoms with Crippen molar-refractivity contribution in [1.82, 2.24) is 5.32 Å². The third-order valence-corrected chi connectivity index (χ3v) is 5.37. The summed E-state index contributed by atoms with van der Waals surface area (Å²) in [5, 5.41) is 3.44. The molecule has 1 nitrogen and oxygen atoms in total. The molecule has 0 saturated carbocycles. The molecule has 0 bridgehead atoms. The number of nitrogens with one attached hydrogen (secondary N) is 1. The molecule has 1 aliphatic rings. The average Bonchev–Trinajstić information content (AvgIpc) is 2.58. The van der Waals surface area contributed by atoms with E-state index in [0.29, 0.717) is 12.6 Å². The first-order valence-electron chi connectivity index (χ1n) is 7.94. The summed E-state index contributed by atoms with van der Waals surface area (Å²) >= 11 is 1.79. The number of hydrogen-bond acceptors (Lipinski definition) is 2. The average molecular weight is 325 g/mol. The van der Waals surface area contributed by atoms with Crippen molar-refractivity contribution < 1.29 is 4.39 Å². The third-order valence-electron chi connectivity index (χ3n) is 4.20. The Bertz CT molecular complexity index is 720. The van der Waals surface area contributed by atoms with Gasteiger partial charge in [-0.3, -0.25) is 5.32 Å². The Kier molecular flexibility index (Phi) is 5.38. The van der Waals surface area contributed by atoms with E-state index >= 15 is 0 Å². The van der Waals surface area contributed by atoms with E-state index in [-0.39, 0.29) is 5.82 Å². The van der Waals surface area contributed by atoms with Crippen LogP contribution in [0.4, 0.5) is 4.39 Å². The molecule has 0 fully saturated rings. The van der Waals surface area contributed by atoms with E-state index in [1.54, 1.807) is 23.9 Å². The van der Waals surface area contributed by atoms with Gasteiger partial charge in [0.1, 0.15) is 5.82 Å². The van der Waals surface area contributed by atoms with Crippen LogP contribution < -0.4 is 5.32 Å². The van der Waals surface area contributed by atoms with E-state index in [4.69, 9.17) is 6.42 Å². The fraction of sp³-hybridized carbons (Fsp3) is 0.300. The molecule has 3 rings (SSSR count). The van der Waals surface area contributed by atoms with Gasteiger partial charge in [0.15, 0.2) is 0 Å². The number of thioether (sulfide) groups is 1.